The van der Waals surface area contributed by atoms with Gasteiger partial charge >= 0.3 is 0 Å². The summed E-state index contributed by atoms with van der Waals surface area (Å²) in [4.78, 5) is 19.6. The lowest BCUT2D eigenvalue weighted by atomic mass is 9.91. The van der Waals surface area contributed by atoms with Crippen LogP contribution >= 0.6 is 0 Å². The van der Waals surface area contributed by atoms with Gasteiger partial charge in [0.1, 0.15) is 5.75 Å². The molecule has 3 N–H and O–H groups in total. The number of carbonyl (C=O) groups excluding carboxylic acids is 1. The number of carbonyl (C=O) groups is 1. The zero-order chi connectivity index (χ0) is 22.9. The minimum absolute atomic E-state index is 0.106. The summed E-state index contributed by atoms with van der Waals surface area (Å²) in [5.74, 6) is 0.511. The summed E-state index contributed by atoms with van der Waals surface area (Å²) in [5.41, 5.74) is 9.19. The van der Waals surface area contributed by atoms with E-state index in [-0.39, 0.29) is 29.7 Å². The average Bonchev–Trinajstić information content (AvgIpc) is 3.62. The molecular weight excluding hydrogens is 419 g/mol. The molecule has 2 heterocycles. The number of hydrogen-bond acceptors (Lipinski definition) is 5. The predicted molar refractivity (Wildman–Crippen MR) is 128 cm³/mol. The second-order valence-electron chi connectivity index (χ2n) is 9.05. The van der Waals surface area contributed by atoms with Crippen molar-refractivity contribution in [1.29, 1.82) is 0 Å². The number of rotatable bonds is 6. The first kappa shape index (κ1) is 21.6. The molecule has 0 bridgehead atoms. The van der Waals surface area contributed by atoms with Crippen molar-refractivity contribution in [3.63, 3.8) is 0 Å². The zero-order valence-electron chi connectivity index (χ0n) is 18.8. The van der Waals surface area contributed by atoms with Crippen molar-refractivity contribution in [2.24, 2.45) is 16.6 Å². The van der Waals surface area contributed by atoms with E-state index in [2.05, 4.69) is 17.2 Å². The summed E-state index contributed by atoms with van der Waals surface area (Å²) in [6.07, 6.45) is 6.70. The zero-order valence-corrected chi connectivity index (χ0v) is 18.8. The Balaban J connectivity index is 1.60. The monoisotopic (exact) mass is 448 g/mol. The maximum Gasteiger partial charge on any atom is 0.230 e. The number of nitrogens with one attached hydrogen (secondary N) is 1. The van der Waals surface area contributed by atoms with Crippen LogP contribution in [0, 0.1) is 11.7 Å². The molecule has 33 heavy (non-hydrogen) atoms. The van der Waals surface area contributed by atoms with Gasteiger partial charge in [0.2, 0.25) is 5.91 Å². The Bertz CT molecular complexity index is 1120. The van der Waals surface area contributed by atoms with Crippen LogP contribution in [-0.4, -0.2) is 37.3 Å². The molecule has 1 saturated carbocycles. The number of nitrogens with two attached hydrogens (primary N) is 1. The third-order valence-corrected chi connectivity index (χ3v) is 6.64. The molecule has 1 unspecified atom stereocenters. The van der Waals surface area contributed by atoms with E-state index in [0.29, 0.717) is 11.3 Å². The van der Waals surface area contributed by atoms with Crippen molar-refractivity contribution in [3.05, 3.63) is 59.5 Å². The Hall–Kier alpha value is -3.19. The lowest BCUT2D eigenvalue weighted by molar-refractivity contribution is -0.120. The highest BCUT2D eigenvalue weighted by Crippen LogP contribution is 2.45. The van der Waals surface area contributed by atoms with Gasteiger partial charge in [-0.2, -0.15) is 0 Å². The van der Waals surface area contributed by atoms with E-state index in [0.717, 1.165) is 55.6 Å². The second-order valence-corrected chi connectivity index (χ2v) is 9.05. The summed E-state index contributed by atoms with van der Waals surface area (Å²) in [7, 11) is 0. The van der Waals surface area contributed by atoms with Crippen molar-refractivity contribution in [2.75, 3.05) is 18.0 Å². The molecule has 2 aliphatic heterocycles. The fourth-order valence-corrected chi connectivity index (χ4v) is 4.42. The highest BCUT2D eigenvalue weighted by Gasteiger charge is 2.39. The molecule has 0 aromatic heterocycles. The van der Waals surface area contributed by atoms with Crippen molar-refractivity contribution in [3.8, 4) is 11.5 Å². The van der Waals surface area contributed by atoms with Gasteiger partial charge in [-0.05, 0) is 56.9 Å². The van der Waals surface area contributed by atoms with Gasteiger partial charge in [0.15, 0.2) is 11.6 Å². The predicted octanol–water partition coefficient (Wildman–Crippen LogP) is 4.04. The number of ether oxygens (including phenoxy) is 1. The average molecular weight is 449 g/mol. The van der Waals surface area contributed by atoms with Crippen molar-refractivity contribution < 1.29 is 13.9 Å². The van der Waals surface area contributed by atoms with Gasteiger partial charge < -0.3 is 20.7 Å². The van der Waals surface area contributed by atoms with Crippen LogP contribution in [0.1, 0.15) is 37.3 Å². The molecule has 5 rings (SSSR count). The lowest BCUT2D eigenvalue weighted by Crippen LogP contribution is -2.45. The van der Waals surface area contributed by atoms with Gasteiger partial charge in [-0.15, -0.1) is 0 Å². The molecule has 0 spiro atoms. The molecule has 0 radical (unpaired) electrons. The molecule has 1 aliphatic carbocycles. The van der Waals surface area contributed by atoms with Gasteiger partial charge in [0.25, 0.3) is 0 Å². The highest BCUT2D eigenvalue weighted by molar-refractivity contribution is 6.11. The third-order valence-electron chi connectivity index (χ3n) is 6.64. The molecular formula is C26H29FN4O2. The van der Waals surface area contributed by atoms with Crippen LogP contribution in [0.5, 0.6) is 11.5 Å². The first-order valence-electron chi connectivity index (χ1n) is 11.6. The number of allylic oxidation sites excluding steroid dienone is 1. The number of amides is 1. The topological polar surface area (TPSA) is 80.0 Å². The maximum absolute atomic E-state index is 14.5. The van der Waals surface area contributed by atoms with Crippen LogP contribution in [0.4, 0.5) is 10.1 Å². The molecule has 3 aliphatic rings. The lowest BCUT2D eigenvalue weighted by Gasteiger charge is -2.37. The number of anilines is 1. The number of aliphatic imine (C=N–C) groups is 1. The molecule has 6 nitrogen and oxygen atoms in total. The van der Waals surface area contributed by atoms with E-state index < -0.39 is 5.82 Å². The number of benzene rings is 2. The van der Waals surface area contributed by atoms with Gasteiger partial charge in [-0.1, -0.05) is 12.1 Å². The fourth-order valence-electron chi connectivity index (χ4n) is 4.42. The summed E-state index contributed by atoms with van der Waals surface area (Å²) >= 11 is 0. The Morgan fingerprint density at radius 2 is 2.00 bits per heavy atom. The number of hydrogen-bond donors (Lipinski definition) is 2. The molecule has 7 heteroatoms. The molecule has 2 aromatic carbocycles. The van der Waals surface area contributed by atoms with Crippen LogP contribution < -0.4 is 20.7 Å². The van der Waals surface area contributed by atoms with E-state index in [1.807, 2.05) is 17.0 Å². The summed E-state index contributed by atoms with van der Waals surface area (Å²) < 4.78 is 20.8. The number of halogens is 1. The van der Waals surface area contributed by atoms with Gasteiger partial charge in [0, 0.05) is 54.2 Å². The van der Waals surface area contributed by atoms with Crippen molar-refractivity contribution in [1.82, 2.24) is 5.32 Å². The molecule has 172 valence electrons. The van der Waals surface area contributed by atoms with E-state index in [1.165, 1.54) is 12.3 Å². The van der Waals surface area contributed by atoms with Crippen LogP contribution in [0.2, 0.25) is 0 Å². The quantitative estimate of drug-likeness (QED) is 0.654. The maximum atomic E-state index is 14.5. The first-order chi connectivity index (χ1) is 16.1. The molecule has 2 fully saturated rings. The largest absolute Gasteiger partial charge is 0.453 e. The van der Waals surface area contributed by atoms with Crippen LogP contribution in [-0.2, 0) is 11.2 Å². The second kappa shape index (κ2) is 8.98. The van der Waals surface area contributed by atoms with Crippen LogP contribution in [0.3, 0.4) is 0 Å². The van der Waals surface area contributed by atoms with Crippen molar-refractivity contribution >= 4 is 23.4 Å². The van der Waals surface area contributed by atoms with Crippen molar-refractivity contribution in [2.45, 2.75) is 44.7 Å². The smallest absolute Gasteiger partial charge is 0.230 e. The van der Waals surface area contributed by atoms with E-state index in [4.69, 9.17) is 10.5 Å². The van der Waals surface area contributed by atoms with Gasteiger partial charge in [-0.3, -0.25) is 9.79 Å². The van der Waals surface area contributed by atoms with Crippen LogP contribution in [0.15, 0.2) is 47.6 Å². The minimum atomic E-state index is -0.441. The van der Waals surface area contributed by atoms with Gasteiger partial charge in [-0.25, -0.2) is 4.39 Å². The summed E-state index contributed by atoms with van der Waals surface area (Å²) in [6, 6.07) is 10.6. The summed E-state index contributed by atoms with van der Waals surface area (Å²) in [6.45, 7) is 3.76. The molecule has 1 amide bonds. The Labute approximate surface area is 193 Å². The number of para-hydroxylation sites is 1. The fraction of sp³-hybridized carbons (Fsp3) is 0.385. The standard InChI is InChI=1S/C26H29FN4O2/c1-16-6-9-21-23(31(16)26(32)17-7-8-17)11-10-20(18(12-28)13-30-19-14-29-15-19)25(21)33-24-5-3-2-4-22(24)27/h2-5,10-13,16-17,19,29H,6-9,14-15,28H2,1H3. The SMILES string of the molecule is CC1CCc2c(ccc(C(C=NC3CNC3)=CN)c2Oc2ccccc2F)N1C(=O)C1CC1. The highest BCUT2D eigenvalue weighted by atomic mass is 19.1. The normalized spacial score (nSPS) is 21.1. The first-order valence-corrected chi connectivity index (χ1v) is 11.6. The van der Waals surface area contributed by atoms with Crippen LogP contribution in [0.25, 0.3) is 5.57 Å². The third kappa shape index (κ3) is 4.25. The Kier molecular flexibility index (Phi) is 5.89. The summed E-state index contributed by atoms with van der Waals surface area (Å²) in [5, 5.41) is 3.20. The molecule has 2 aromatic rings. The van der Waals surface area contributed by atoms with E-state index >= 15 is 0 Å². The molecule has 1 atom stereocenters. The molecule has 1 saturated heterocycles. The number of fused-ring (bicyclic) bond motifs is 1. The number of nitrogens with zero attached hydrogens (tertiary/aromatic N) is 2. The Morgan fingerprint density at radius 1 is 1.21 bits per heavy atom. The van der Waals surface area contributed by atoms with E-state index in [1.54, 1.807) is 24.4 Å². The van der Waals surface area contributed by atoms with Gasteiger partial charge in [0.05, 0.1) is 11.7 Å². The van der Waals surface area contributed by atoms with E-state index in [9.17, 15) is 9.18 Å². The Morgan fingerprint density at radius 3 is 2.67 bits per heavy atom. The minimum Gasteiger partial charge on any atom is -0.453 e.